The molecule has 1 fully saturated rings. The molecular weight excluding hydrogens is 312 g/mol. The second kappa shape index (κ2) is 7.96. The molecule has 0 unspecified atom stereocenters. The number of benzene rings is 1. The summed E-state index contributed by atoms with van der Waals surface area (Å²) in [6.45, 7) is 6.63. The molecule has 2 aromatic rings. The first kappa shape index (κ1) is 17.2. The van der Waals surface area contributed by atoms with Gasteiger partial charge in [-0.2, -0.15) is 0 Å². The van der Waals surface area contributed by atoms with E-state index >= 15 is 0 Å². The van der Waals surface area contributed by atoms with Gasteiger partial charge in [-0.3, -0.25) is 0 Å². The Hall–Kier alpha value is -2.63. The smallest absolute Gasteiger partial charge is 0.225 e. The van der Waals surface area contributed by atoms with Crippen molar-refractivity contribution in [3.63, 3.8) is 0 Å². The Kier molecular flexibility index (Phi) is 5.48. The van der Waals surface area contributed by atoms with Crippen molar-refractivity contribution >= 4 is 17.6 Å². The summed E-state index contributed by atoms with van der Waals surface area (Å²) in [6.07, 6.45) is 3.44. The maximum absolute atomic E-state index is 6.01. The first-order chi connectivity index (χ1) is 12.1. The van der Waals surface area contributed by atoms with Gasteiger partial charge in [0.1, 0.15) is 0 Å². The second-order valence-corrected chi connectivity index (χ2v) is 6.37. The molecule has 1 aromatic heterocycles. The molecule has 0 radical (unpaired) electrons. The summed E-state index contributed by atoms with van der Waals surface area (Å²) in [4.78, 5) is 15.8. The van der Waals surface area contributed by atoms with Crippen LogP contribution in [0.3, 0.4) is 0 Å². The molecule has 2 heterocycles. The lowest BCUT2D eigenvalue weighted by molar-refractivity contribution is 0.857. The number of nitrogens with two attached hydrogens (primary N) is 1. The fourth-order valence-electron chi connectivity index (χ4n) is 2.93. The molecule has 1 aromatic carbocycles. The molecule has 0 bridgehead atoms. The number of rotatable bonds is 5. The summed E-state index contributed by atoms with van der Waals surface area (Å²) < 4.78 is 0. The highest BCUT2D eigenvalue weighted by molar-refractivity contribution is 5.92. The van der Waals surface area contributed by atoms with Gasteiger partial charge < -0.3 is 16.0 Å². The minimum absolute atomic E-state index is 0.392. The number of nitrogens with one attached hydrogen (secondary N) is 1. The lowest BCUT2D eigenvalue weighted by Crippen LogP contribution is -2.23. The van der Waals surface area contributed by atoms with Crippen LogP contribution in [0, 0.1) is 6.92 Å². The van der Waals surface area contributed by atoms with Crippen molar-refractivity contribution in [3.05, 3.63) is 47.3 Å². The fourth-order valence-corrected chi connectivity index (χ4v) is 2.93. The van der Waals surface area contributed by atoms with Gasteiger partial charge in [0.15, 0.2) is 5.96 Å². The Morgan fingerprint density at radius 1 is 1.20 bits per heavy atom. The summed E-state index contributed by atoms with van der Waals surface area (Å²) >= 11 is 0. The largest absolute Gasteiger partial charge is 0.370 e. The Bertz CT molecular complexity index is 732. The average molecular weight is 338 g/mol. The van der Waals surface area contributed by atoms with Crippen LogP contribution in [0.15, 0.2) is 35.3 Å². The Morgan fingerprint density at radius 3 is 2.60 bits per heavy atom. The van der Waals surface area contributed by atoms with Crippen LogP contribution in [0.2, 0.25) is 0 Å². The molecule has 0 saturated carbocycles. The van der Waals surface area contributed by atoms with E-state index in [0.717, 1.165) is 42.5 Å². The normalized spacial score (nSPS) is 14.8. The van der Waals surface area contributed by atoms with E-state index in [1.165, 1.54) is 18.4 Å². The van der Waals surface area contributed by atoms with E-state index in [1.54, 1.807) is 0 Å². The summed E-state index contributed by atoms with van der Waals surface area (Å²) in [5, 5.41) is 3.12. The molecule has 0 spiro atoms. The van der Waals surface area contributed by atoms with Crippen molar-refractivity contribution < 1.29 is 0 Å². The third-order valence-electron chi connectivity index (χ3n) is 4.33. The third-order valence-corrected chi connectivity index (χ3v) is 4.33. The lowest BCUT2D eigenvalue weighted by Gasteiger charge is -2.16. The average Bonchev–Trinajstić information content (AvgIpc) is 3.15. The number of aliphatic imine (C=N–C) groups is 1. The second-order valence-electron chi connectivity index (χ2n) is 6.37. The van der Waals surface area contributed by atoms with E-state index in [4.69, 9.17) is 5.73 Å². The quantitative estimate of drug-likeness (QED) is 0.647. The van der Waals surface area contributed by atoms with Crippen LogP contribution >= 0.6 is 0 Å². The monoisotopic (exact) mass is 338 g/mol. The molecule has 1 saturated heterocycles. The summed E-state index contributed by atoms with van der Waals surface area (Å²) in [7, 11) is 0. The van der Waals surface area contributed by atoms with Gasteiger partial charge in [0.2, 0.25) is 5.95 Å². The molecule has 1 aliphatic rings. The Balaban J connectivity index is 1.65. The molecule has 0 amide bonds. The predicted molar refractivity (Wildman–Crippen MR) is 103 cm³/mol. The molecule has 3 N–H and O–H groups in total. The minimum atomic E-state index is 0.392. The Labute approximate surface area is 149 Å². The van der Waals surface area contributed by atoms with E-state index < -0.39 is 0 Å². The first-order valence-corrected chi connectivity index (χ1v) is 8.89. The van der Waals surface area contributed by atoms with Crippen LogP contribution < -0.4 is 16.0 Å². The molecular formula is C19H26N6. The van der Waals surface area contributed by atoms with Gasteiger partial charge in [0.05, 0.1) is 12.2 Å². The van der Waals surface area contributed by atoms with Gasteiger partial charge >= 0.3 is 0 Å². The summed E-state index contributed by atoms with van der Waals surface area (Å²) in [5.41, 5.74) is 10.1. The number of anilines is 2. The molecule has 6 heteroatoms. The third kappa shape index (κ3) is 4.68. The van der Waals surface area contributed by atoms with Gasteiger partial charge in [0.25, 0.3) is 0 Å². The van der Waals surface area contributed by atoms with Crippen LogP contribution in [0.1, 0.15) is 36.7 Å². The van der Waals surface area contributed by atoms with Crippen molar-refractivity contribution in [1.29, 1.82) is 0 Å². The van der Waals surface area contributed by atoms with Gasteiger partial charge in [-0.15, -0.1) is 0 Å². The maximum Gasteiger partial charge on any atom is 0.225 e. The van der Waals surface area contributed by atoms with Gasteiger partial charge in [-0.05, 0) is 49.9 Å². The number of aryl methyl sites for hydroxylation is 2. The standard InChI is InChI=1S/C19H26N6/c1-3-15-6-8-16(9-7-15)23-18(20)21-13-17-12-14(2)22-19(24-17)25-10-4-5-11-25/h6-9,12H,3-5,10-11,13H2,1-2H3,(H3,20,21,23). The zero-order valence-corrected chi connectivity index (χ0v) is 15.0. The Morgan fingerprint density at radius 2 is 1.92 bits per heavy atom. The first-order valence-electron chi connectivity index (χ1n) is 8.89. The molecule has 1 aliphatic heterocycles. The van der Waals surface area contributed by atoms with E-state index in [1.807, 2.05) is 25.1 Å². The molecule has 3 rings (SSSR count). The highest BCUT2D eigenvalue weighted by Crippen LogP contribution is 2.17. The van der Waals surface area contributed by atoms with Crippen molar-refractivity contribution in [2.24, 2.45) is 10.7 Å². The van der Waals surface area contributed by atoms with Crippen molar-refractivity contribution in [2.45, 2.75) is 39.7 Å². The molecule has 0 atom stereocenters. The van der Waals surface area contributed by atoms with Gasteiger partial charge in [-0.1, -0.05) is 19.1 Å². The number of hydrogen-bond acceptors (Lipinski definition) is 4. The maximum atomic E-state index is 6.01. The van der Waals surface area contributed by atoms with Crippen LogP contribution in [-0.4, -0.2) is 29.0 Å². The van der Waals surface area contributed by atoms with Crippen LogP contribution in [0.5, 0.6) is 0 Å². The minimum Gasteiger partial charge on any atom is -0.370 e. The number of aromatic nitrogens is 2. The predicted octanol–water partition coefficient (Wildman–Crippen LogP) is 2.87. The highest BCUT2D eigenvalue weighted by atomic mass is 15.3. The zero-order chi connectivity index (χ0) is 17.6. The van der Waals surface area contributed by atoms with E-state index in [9.17, 15) is 0 Å². The lowest BCUT2D eigenvalue weighted by atomic mass is 10.1. The van der Waals surface area contributed by atoms with E-state index in [0.29, 0.717) is 12.5 Å². The fraction of sp³-hybridized carbons (Fsp3) is 0.421. The van der Waals surface area contributed by atoms with Gasteiger partial charge in [-0.25, -0.2) is 15.0 Å². The summed E-state index contributed by atoms with van der Waals surface area (Å²) in [5.74, 6) is 1.20. The number of nitrogens with zero attached hydrogens (tertiary/aromatic N) is 4. The van der Waals surface area contributed by atoms with Crippen LogP contribution in [0.25, 0.3) is 0 Å². The topological polar surface area (TPSA) is 79.4 Å². The zero-order valence-electron chi connectivity index (χ0n) is 15.0. The molecule has 25 heavy (non-hydrogen) atoms. The molecule has 6 nitrogen and oxygen atoms in total. The molecule has 132 valence electrons. The van der Waals surface area contributed by atoms with E-state index in [2.05, 4.69) is 44.2 Å². The highest BCUT2D eigenvalue weighted by Gasteiger charge is 2.15. The van der Waals surface area contributed by atoms with Crippen LogP contribution in [0.4, 0.5) is 11.6 Å². The summed E-state index contributed by atoms with van der Waals surface area (Å²) in [6, 6.07) is 10.2. The van der Waals surface area contributed by atoms with E-state index in [-0.39, 0.29) is 0 Å². The number of hydrogen-bond donors (Lipinski definition) is 2. The SMILES string of the molecule is CCc1ccc(NC(N)=NCc2cc(C)nc(N3CCCC3)n2)cc1. The number of guanidine groups is 1. The van der Waals surface area contributed by atoms with Gasteiger partial charge in [0, 0.05) is 24.5 Å². The molecule has 0 aliphatic carbocycles. The van der Waals surface area contributed by atoms with Crippen LogP contribution in [-0.2, 0) is 13.0 Å². The van der Waals surface area contributed by atoms with Crippen molar-refractivity contribution in [1.82, 2.24) is 9.97 Å². The van der Waals surface area contributed by atoms with Crippen molar-refractivity contribution in [2.75, 3.05) is 23.3 Å². The van der Waals surface area contributed by atoms with Crippen molar-refractivity contribution in [3.8, 4) is 0 Å².